The Bertz CT molecular complexity index is 1410. The summed E-state index contributed by atoms with van der Waals surface area (Å²) in [5.41, 5.74) is 11.5. The van der Waals surface area contributed by atoms with E-state index in [1.54, 1.807) is 0 Å². The monoisotopic (exact) mass is 474 g/mol. The normalized spacial score (nSPS) is 19.0. The molecule has 0 N–H and O–H groups in total. The molecule has 0 spiro atoms. The number of halogens is 1. The average molecular weight is 475 g/mol. The second kappa shape index (κ2) is 9.72. The standard InChI is InChI=1S/C34H31Cl/c1-4-7-9-14-24-21-25-17-20-31-33(30(25)22-24)29-19-18-28(35)23-32(29)34(31,26(12-5-2)13-6-3)27-15-10-8-11-16-27/h4-5,7-21,23H,6,22H2,1-3H3/b7-4-,12-5-,14-9-,26-13+. The Kier molecular flexibility index (Phi) is 6.50. The minimum absolute atomic E-state index is 0.405. The highest BCUT2D eigenvalue weighted by atomic mass is 35.5. The highest BCUT2D eigenvalue weighted by Gasteiger charge is 2.47. The maximum Gasteiger partial charge on any atom is 0.0711 e. The van der Waals surface area contributed by atoms with Gasteiger partial charge >= 0.3 is 0 Å². The Labute approximate surface area is 214 Å². The molecule has 0 fully saturated rings. The molecule has 0 aliphatic heterocycles. The highest BCUT2D eigenvalue weighted by Crippen LogP contribution is 2.59. The van der Waals surface area contributed by atoms with Crippen LogP contribution in [0.2, 0.25) is 5.02 Å². The van der Waals surface area contributed by atoms with Crippen LogP contribution in [0.25, 0.3) is 17.2 Å². The van der Waals surface area contributed by atoms with Gasteiger partial charge in [-0.05, 0) is 88.9 Å². The third-order valence-electron chi connectivity index (χ3n) is 7.15. The summed E-state index contributed by atoms with van der Waals surface area (Å²) in [5, 5.41) is 0.776. The second-order valence-electron chi connectivity index (χ2n) is 9.21. The van der Waals surface area contributed by atoms with Crippen LogP contribution in [-0.2, 0) is 11.8 Å². The van der Waals surface area contributed by atoms with Crippen molar-refractivity contribution in [2.24, 2.45) is 0 Å². The van der Waals surface area contributed by atoms with Gasteiger partial charge in [-0.25, -0.2) is 0 Å². The molecule has 2 aliphatic carbocycles. The van der Waals surface area contributed by atoms with Crippen LogP contribution in [0.3, 0.4) is 0 Å². The largest absolute Gasteiger partial charge is 0.0877 e. The molecule has 0 aromatic heterocycles. The van der Waals surface area contributed by atoms with Gasteiger partial charge in [0.05, 0.1) is 5.41 Å². The summed E-state index contributed by atoms with van der Waals surface area (Å²) in [6.45, 7) is 6.37. The fourth-order valence-corrected chi connectivity index (χ4v) is 6.05. The summed E-state index contributed by atoms with van der Waals surface area (Å²) in [6.07, 6.45) is 19.6. The number of fused-ring (bicyclic) bond motifs is 5. The molecule has 3 aromatic carbocycles. The molecule has 5 rings (SSSR count). The van der Waals surface area contributed by atoms with Gasteiger partial charge in [0.2, 0.25) is 0 Å². The molecule has 0 heterocycles. The van der Waals surface area contributed by atoms with Gasteiger partial charge in [-0.15, -0.1) is 0 Å². The van der Waals surface area contributed by atoms with Crippen molar-refractivity contribution in [3.8, 4) is 11.1 Å². The zero-order valence-electron chi connectivity index (χ0n) is 20.7. The van der Waals surface area contributed by atoms with E-state index in [1.807, 2.05) is 13.0 Å². The number of hydrogen-bond donors (Lipinski definition) is 0. The molecule has 0 saturated carbocycles. The van der Waals surface area contributed by atoms with Gasteiger partial charge in [0.15, 0.2) is 0 Å². The first-order valence-corrected chi connectivity index (χ1v) is 12.9. The van der Waals surface area contributed by atoms with E-state index >= 15 is 0 Å². The smallest absolute Gasteiger partial charge is 0.0711 e. The van der Waals surface area contributed by atoms with Crippen molar-refractivity contribution in [1.29, 1.82) is 0 Å². The fraction of sp³-hybridized carbons (Fsp3) is 0.176. The zero-order chi connectivity index (χ0) is 24.4. The topological polar surface area (TPSA) is 0 Å². The minimum Gasteiger partial charge on any atom is -0.0877 e. The molecule has 0 amide bonds. The molecule has 35 heavy (non-hydrogen) atoms. The van der Waals surface area contributed by atoms with Crippen LogP contribution >= 0.6 is 11.6 Å². The van der Waals surface area contributed by atoms with Crippen molar-refractivity contribution in [2.75, 3.05) is 0 Å². The van der Waals surface area contributed by atoms with Crippen LogP contribution < -0.4 is 0 Å². The van der Waals surface area contributed by atoms with Gasteiger partial charge in [-0.1, -0.05) is 116 Å². The van der Waals surface area contributed by atoms with Crippen LogP contribution in [0.4, 0.5) is 0 Å². The van der Waals surface area contributed by atoms with Gasteiger partial charge in [-0.3, -0.25) is 0 Å². The summed E-state index contributed by atoms with van der Waals surface area (Å²) < 4.78 is 0. The van der Waals surface area contributed by atoms with Crippen molar-refractivity contribution < 1.29 is 0 Å². The maximum atomic E-state index is 6.69. The number of allylic oxidation sites excluding steroid dienone is 9. The molecule has 0 saturated heterocycles. The maximum absolute atomic E-state index is 6.69. The average Bonchev–Trinajstić information content (AvgIpc) is 3.41. The number of hydrogen-bond acceptors (Lipinski definition) is 0. The van der Waals surface area contributed by atoms with Crippen molar-refractivity contribution in [3.63, 3.8) is 0 Å². The minimum atomic E-state index is -0.405. The van der Waals surface area contributed by atoms with Crippen LogP contribution in [0.5, 0.6) is 0 Å². The van der Waals surface area contributed by atoms with Crippen molar-refractivity contribution >= 4 is 17.7 Å². The van der Waals surface area contributed by atoms with Gasteiger partial charge in [0.1, 0.15) is 0 Å². The first-order chi connectivity index (χ1) is 17.1. The first-order valence-electron chi connectivity index (χ1n) is 12.5. The highest BCUT2D eigenvalue weighted by molar-refractivity contribution is 6.30. The SMILES string of the molecule is C/C=C\C=C/C1=Cc2ccc3c(c2C1)-c1ccc(Cl)cc1C3(C(/C=C\C)=C/CC)c1ccccc1. The molecule has 0 radical (unpaired) electrons. The van der Waals surface area contributed by atoms with Crippen molar-refractivity contribution in [1.82, 2.24) is 0 Å². The Morgan fingerprint density at radius 1 is 0.943 bits per heavy atom. The van der Waals surface area contributed by atoms with E-state index in [0.717, 1.165) is 17.9 Å². The molecule has 3 aromatic rings. The summed E-state index contributed by atoms with van der Waals surface area (Å²) in [6, 6.07) is 22.1. The predicted octanol–water partition coefficient (Wildman–Crippen LogP) is 9.64. The van der Waals surface area contributed by atoms with E-state index < -0.39 is 5.41 Å². The van der Waals surface area contributed by atoms with E-state index in [9.17, 15) is 0 Å². The van der Waals surface area contributed by atoms with Crippen molar-refractivity contribution in [3.05, 3.63) is 147 Å². The lowest BCUT2D eigenvalue weighted by molar-refractivity contribution is 0.760. The molecule has 174 valence electrons. The summed E-state index contributed by atoms with van der Waals surface area (Å²) in [4.78, 5) is 0. The van der Waals surface area contributed by atoms with Gasteiger partial charge < -0.3 is 0 Å². The molecule has 0 bridgehead atoms. The van der Waals surface area contributed by atoms with E-state index in [0.29, 0.717) is 0 Å². The Balaban J connectivity index is 1.85. The van der Waals surface area contributed by atoms with Crippen LogP contribution in [-0.4, -0.2) is 0 Å². The van der Waals surface area contributed by atoms with Gasteiger partial charge in [0.25, 0.3) is 0 Å². The molecular weight excluding hydrogens is 444 g/mol. The van der Waals surface area contributed by atoms with Crippen LogP contribution in [0, 0.1) is 0 Å². The molecular formula is C34H31Cl. The molecule has 2 aliphatic rings. The Morgan fingerprint density at radius 2 is 1.77 bits per heavy atom. The predicted molar refractivity (Wildman–Crippen MR) is 152 cm³/mol. The van der Waals surface area contributed by atoms with Gasteiger partial charge in [0, 0.05) is 5.02 Å². The fourth-order valence-electron chi connectivity index (χ4n) is 5.87. The summed E-state index contributed by atoms with van der Waals surface area (Å²) in [7, 11) is 0. The van der Waals surface area contributed by atoms with E-state index in [4.69, 9.17) is 11.6 Å². The molecule has 0 nitrogen and oxygen atoms in total. The first kappa shape index (κ1) is 23.4. The number of rotatable bonds is 6. The molecule has 1 atom stereocenters. The van der Waals surface area contributed by atoms with Gasteiger partial charge in [-0.2, -0.15) is 0 Å². The Hall–Kier alpha value is -3.35. The molecule has 1 heteroatoms. The summed E-state index contributed by atoms with van der Waals surface area (Å²) in [5.74, 6) is 0. The zero-order valence-corrected chi connectivity index (χ0v) is 21.4. The number of benzene rings is 3. The molecule has 1 unspecified atom stereocenters. The Morgan fingerprint density at radius 3 is 2.51 bits per heavy atom. The third-order valence-corrected chi connectivity index (χ3v) is 7.39. The van der Waals surface area contributed by atoms with Crippen molar-refractivity contribution in [2.45, 2.75) is 39.0 Å². The lowest BCUT2D eigenvalue weighted by Gasteiger charge is -2.35. The third kappa shape index (κ3) is 3.77. The van der Waals surface area contributed by atoms with E-state index in [-0.39, 0.29) is 0 Å². The van der Waals surface area contributed by atoms with E-state index in [1.165, 1.54) is 50.1 Å². The van der Waals surface area contributed by atoms with E-state index in [2.05, 4.69) is 117 Å². The lowest BCUT2D eigenvalue weighted by atomic mass is 9.66. The van der Waals surface area contributed by atoms with Crippen LogP contribution in [0.1, 0.15) is 55.0 Å². The lowest BCUT2D eigenvalue weighted by Crippen LogP contribution is -2.29. The van der Waals surface area contributed by atoms with Crippen LogP contribution in [0.15, 0.2) is 114 Å². The second-order valence-corrected chi connectivity index (χ2v) is 9.65. The quantitative estimate of drug-likeness (QED) is 0.312. The summed E-state index contributed by atoms with van der Waals surface area (Å²) >= 11 is 6.69.